The molecule has 1 aromatic heterocycles. The van der Waals surface area contributed by atoms with Gasteiger partial charge in [0.1, 0.15) is 5.56 Å². The van der Waals surface area contributed by atoms with Crippen LogP contribution in [0, 0.1) is 13.8 Å². The van der Waals surface area contributed by atoms with Gasteiger partial charge < -0.3 is 10.0 Å². The highest BCUT2D eigenvalue weighted by molar-refractivity contribution is 7.88. The number of aromatic nitrogens is 2. The third kappa shape index (κ3) is 3.13. The van der Waals surface area contributed by atoms with Gasteiger partial charge in [0.2, 0.25) is 10.0 Å². The largest absolute Gasteiger partial charge is 0.478 e. The summed E-state index contributed by atoms with van der Waals surface area (Å²) in [6, 6.07) is 0. The maximum Gasteiger partial charge on any atom is 0.339 e. The highest BCUT2D eigenvalue weighted by Gasteiger charge is 2.28. The number of nitrogens with zero attached hydrogens (tertiary/aromatic N) is 4. The molecule has 2 heterocycles. The molecule has 0 atom stereocenters. The standard InChI is InChI=1S/C12H18N4O4S/c1-8-9(2)13-14-11(10(8)12(17)18)15-4-6-16(7-5-15)21(3,19)20/h4-7H2,1-3H3,(H,17,18). The van der Waals surface area contributed by atoms with Crippen molar-refractivity contribution < 1.29 is 18.3 Å². The average Bonchev–Trinajstić information content (AvgIpc) is 2.40. The van der Waals surface area contributed by atoms with E-state index in [2.05, 4.69) is 10.2 Å². The molecule has 21 heavy (non-hydrogen) atoms. The van der Waals surface area contributed by atoms with Crippen LogP contribution in [0.2, 0.25) is 0 Å². The average molecular weight is 314 g/mol. The number of rotatable bonds is 3. The second kappa shape index (κ2) is 5.57. The van der Waals surface area contributed by atoms with E-state index in [1.165, 1.54) is 10.6 Å². The highest BCUT2D eigenvalue weighted by atomic mass is 32.2. The van der Waals surface area contributed by atoms with E-state index in [4.69, 9.17) is 0 Å². The Kier molecular flexibility index (Phi) is 4.15. The quantitative estimate of drug-likeness (QED) is 0.829. The smallest absolute Gasteiger partial charge is 0.339 e. The van der Waals surface area contributed by atoms with Crippen LogP contribution in [0.5, 0.6) is 0 Å². The van der Waals surface area contributed by atoms with Crippen LogP contribution in [0.1, 0.15) is 21.6 Å². The lowest BCUT2D eigenvalue weighted by Crippen LogP contribution is -2.49. The van der Waals surface area contributed by atoms with E-state index < -0.39 is 16.0 Å². The molecule has 1 aromatic rings. The zero-order chi connectivity index (χ0) is 15.8. The van der Waals surface area contributed by atoms with Gasteiger partial charge in [0, 0.05) is 26.2 Å². The van der Waals surface area contributed by atoms with Gasteiger partial charge in [0.25, 0.3) is 0 Å². The van der Waals surface area contributed by atoms with E-state index in [9.17, 15) is 18.3 Å². The Morgan fingerprint density at radius 1 is 1.14 bits per heavy atom. The van der Waals surface area contributed by atoms with Crippen LogP contribution in [0.25, 0.3) is 0 Å². The second-order valence-electron chi connectivity index (χ2n) is 5.06. The summed E-state index contributed by atoms with van der Waals surface area (Å²) in [6.07, 6.45) is 1.17. The van der Waals surface area contributed by atoms with Gasteiger partial charge in [-0.15, -0.1) is 5.10 Å². The number of carboxylic acid groups (broad SMARTS) is 1. The number of sulfonamides is 1. The topological polar surface area (TPSA) is 104 Å². The van der Waals surface area contributed by atoms with Crippen molar-refractivity contribution in [2.75, 3.05) is 37.3 Å². The summed E-state index contributed by atoms with van der Waals surface area (Å²) < 4.78 is 24.4. The number of carbonyl (C=O) groups is 1. The van der Waals surface area contributed by atoms with Crippen molar-refractivity contribution in [2.45, 2.75) is 13.8 Å². The summed E-state index contributed by atoms with van der Waals surface area (Å²) in [4.78, 5) is 13.2. The van der Waals surface area contributed by atoms with Crippen molar-refractivity contribution in [1.82, 2.24) is 14.5 Å². The molecule has 2 rings (SSSR count). The number of piperazine rings is 1. The zero-order valence-corrected chi connectivity index (χ0v) is 13.0. The second-order valence-corrected chi connectivity index (χ2v) is 7.05. The number of hydrogen-bond donors (Lipinski definition) is 1. The van der Waals surface area contributed by atoms with Gasteiger partial charge in [0.15, 0.2) is 5.82 Å². The molecule has 1 N–H and O–H groups in total. The Labute approximate surface area is 123 Å². The number of carboxylic acids is 1. The third-order valence-electron chi connectivity index (χ3n) is 3.66. The Bertz CT molecular complexity index is 666. The minimum atomic E-state index is -3.22. The molecular weight excluding hydrogens is 296 g/mol. The van der Waals surface area contributed by atoms with Gasteiger partial charge in [-0.1, -0.05) is 0 Å². The summed E-state index contributed by atoms with van der Waals surface area (Å²) in [5.41, 5.74) is 1.29. The summed E-state index contributed by atoms with van der Waals surface area (Å²) in [5, 5.41) is 17.4. The molecular formula is C12H18N4O4S. The summed E-state index contributed by atoms with van der Waals surface area (Å²) in [6.45, 7) is 4.82. The van der Waals surface area contributed by atoms with Crippen LogP contribution < -0.4 is 4.90 Å². The molecule has 0 aromatic carbocycles. The Morgan fingerprint density at radius 2 is 1.71 bits per heavy atom. The number of hydrogen-bond acceptors (Lipinski definition) is 6. The first-order chi connectivity index (χ1) is 9.71. The molecule has 0 bridgehead atoms. The Morgan fingerprint density at radius 3 is 2.19 bits per heavy atom. The van der Waals surface area contributed by atoms with Crippen molar-refractivity contribution >= 4 is 21.8 Å². The van der Waals surface area contributed by atoms with Crippen LogP contribution in [0.3, 0.4) is 0 Å². The molecule has 116 valence electrons. The van der Waals surface area contributed by atoms with Crippen LogP contribution in [-0.4, -0.2) is 66.4 Å². The van der Waals surface area contributed by atoms with Crippen LogP contribution in [0.15, 0.2) is 0 Å². The van der Waals surface area contributed by atoms with Gasteiger partial charge in [-0.05, 0) is 19.4 Å². The van der Waals surface area contributed by atoms with E-state index in [0.717, 1.165) is 0 Å². The fourth-order valence-corrected chi connectivity index (χ4v) is 3.13. The highest BCUT2D eigenvalue weighted by Crippen LogP contribution is 2.23. The first kappa shape index (κ1) is 15.6. The zero-order valence-electron chi connectivity index (χ0n) is 12.2. The van der Waals surface area contributed by atoms with Gasteiger partial charge >= 0.3 is 5.97 Å². The molecule has 9 heteroatoms. The van der Waals surface area contributed by atoms with Gasteiger partial charge in [0.05, 0.1) is 11.9 Å². The van der Waals surface area contributed by atoms with E-state index >= 15 is 0 Å². The van der Waals surface area contributed by atoms with Crippen molar-refractivity contribution in [2.24, 2.45) is 0 Å². The number of anilines is 1. The Balaban J connectivity index is 2.29. The summed E-state index contributed by atoms with van der Waals surface area (Å²) in [7, 11) is -3.22. The third-order valence-corrected chi connectivity index (χ3v) is 4.96. The molecule has 1 aliphatic rings. The lowest BCUT2D eigenvalue weighted by molar-refractivity contribution is 0.0695. The molecule has 0 aliphatic carbocycles. The molecule has 0 unspecified atom stereocenters. The SMILES string of the molecule is Cc1nnc(N2CCN(S(C)(=O)=O)CC2)c(C(=O)O)c1C. The van der Waals surface area contributed by atoms with Crippen LogP contribution in [0.4, 0.5) is 5.82 Å². The molecule has 8 nitrogen and oxygen atoms in total. The number of aryl methyl sites for hydroxylation is 1. The molecule has 0 radical (unpaired) electrons. The predicted octanol–water partition coefficient (Wildman–Crippen LogP) is -0.127. The fourth-order valence-electron chi connectivity index (χ4n) is 2.30. The minimum absolute atomic E-state index is 0.135. The van der Waals surface area contributed by atoms with Crippen molar-refractivity contribution in [3.05, 3.63) is 16.8 Å². The fraction of sp³-hybridized carbons (Fsp3) is 0.583. The lowest BCUT2D eigenvalue weighted by Gasteiger charge is -2.34. The van der Waals surface area contributed by atoms with Crippen molar-refractivity contribution in [3.8, 4) is 0 Å². The first-order valence-electron chi connectivity index (χ1n) is 6.49. The molecule has 0 saturated carbocycles. The van der Waals surface area contributed by atoms with E-state index in [-0.39, 0.29) is 5.56 Å². The maximum atomic E-state index is 11.5. The minimum Gasteiger partial charge on any atom is -0.478 e. The molecule has 1 fully saturated rings. The summed E-state index contributed by atoms with van der Waals surface area (Å²) >= 11 is 0. The van der Waals surface area contributed by atoms with Crippen molar-refractivity contribution in [3.63, 3.8) is 0 Å². The first-order valence-corrected chi connectivity index (χ1v) is 8.34. The normalized spacial score (nSPS) is 17.0. The molecule has 1 aliphatic heterocycles. The van der Waals surface area contributed by atoms with E-state index in [1.807, 2.05) is 0 Å². The number of aromatic carboxylic acids is 1. The van der Waals surface area contributed by atoms with Gasteiger partial charge in [-0.3, -0.25) is 0 Å². The monoisotopic (exact) mass is 314 g/mol. The Hall–Kier alpha value is -1.74. The molecule has 0 spiro atoms. The van der Waals surface area contributed by atoms with Gasteiger partial charge in [-0.2, -0.15) is 9.40 Å². The maximum absolute atomic E-state index is 11.5. The van der Waals surface area contributed by atoms with Gasteiger partial charge in [-0.25, -0.2) is 13.2 Å². The van der Waals surface area contributed by atoms with Crippen LogP contribution in [-0.2, 0) is 10.0 Å². The predicted molar refractivity (Wildman–Crippen MR) is 77.1 cm³/mol. The van der Waals surface area contributed by atoms with Crippen LogP contribution >= 0.6 is 0 Å². The summed E-state index contributed by atoms with van der Waals surface area (Å²) in [5.74, 6) is -0.746. The molecule has 0 amide bonds. The van der Waals surface area contributed by atoms with E-state index in [1.54, 1.807) is 18.7 Å². The van der Waals surface area contributed by atoms with E-state index in [0.29, 0.717) is 43.3 Å². The lowest BCUT2D eigenvalue weighted by atomic mass is 10.1. The van der Waals surface area contributed by atoms with Crippen molar-refractivity contribution in [1.29, 1.82) is 0 Å². The molecule has 1 saturated heterocycles.